The fourth-order valence-electron chi connectivity index (χ4n) is 1.29. The lowest BCUT2D eigenvalue weighted by atomic mass is 10.2. The zero-order valence-corrected chi connectivity index (χ0v) is 10.5. The van der Waals surface area contributed by atoms with Crippen LogP contribution in [0.5, 0.6) is 0 Å². The number of rotatable bonds is 5. The van der Waals surface area contributed by atoms with Crippen molar-refractivity contribution >= 4 is 12.0 Å². The van der Waals surface area contributed by atoms with E-state index in [0.29, 0.717) is 13.2 Å². The second kappa shape index (κ2) is 7.26. The van der Waals surface area contributed by atoms with E-state index in [1.807, 2.05) is 19.1 Å². The van der Waals surface area contributed by atoms with Crippen molar-refractivity contribution < 1.29 is 14.3 Å². The highest BCUT2D eigenvalue weighted by Gasteiger charge is 2.06. The molecule has 0 unspecified atom stereocenters. The number of hydrogen-bond acceptors (Lipinski definition) is 4. The van der Waals surface area contributed by atoms with Gasteiger partial charge in [0.15, 0.2) is 0 Å². The van der Waals surface area contributed by atoms with Crippen LogP contribution in [0.4, 0.5) is 4.79 Å². The highest BCUT2D eigenvalue weighted by Crippen LogP contribution is 2.01. The summed E-state index contributed by atoms with van der Waals surface area (Å²) in [5.41, 5.74) is 1.80. The third kappa shape index (κ3) is 4.82. The third-order valence-electron chi connectivity index (χ3n) is 2.23. The number of nitrogens with one attached hydrogen (secondary N) is 2. The summed E-state index contributed by atoms with van der Waals surface area (Å²) in [7, 11) is 0. The predicted molar refractivity (Wildman–Crippen MR) is 65.8 cm³/mol. The Bertz CT molecular complexity index is 421. The van der Waals surface area contributed by atoms with Gasteiger partial charge in [-0.25, -0.2) is 4.79 Å². The van der Waals surface area contributed by atoms with Gasteiger partial charge in [-0.2, -0.15) is 0 Å². The smallest absolute Gasteiger partial charge is 0.325 e. The molecule has 1 heterocycles. The number of nitrogens with zero attached hydrogens (tertiary/aromatic N) is 1. The van der Waals surface area contributed by atoms with E-state index in [-0.39, 0.29) is 6.54 Å². The Morgan fingerprint density at radius 1 is 1.39 bits per heavy atom. The van der Waals surface area contributed by atoms with Gasteiger partial charge in [0.05, 0.1) is 18.8 Å². The van der Waals surface area contributed by atoms with Crippen molar-refractivity contribution in [2.24, 2.45) is 0 Å². The number of aryl methyl sites for hydroxylation is 1. The summed E-state index contributed by atoms with van der Waals surface area (Å²) < 4.78 is 4.68. The van der Waals surface area contributed by atoms with Crippen molar-refractivity contribution in [3.63, 3.8) is 0 Å². The summed E-state index contributed by atoms with van der Waals surface area (Å²) in [6.07, 6.45) is 1.67. The molecule has 1 aromatic rings. The molecule has 0 fully saturated rings. The van der Waals surface area contributed by atoms with Crippen LogP contribution >= 0.6 is 0 Å². The monoisotopic (exact) mass is 251 g/mol. The summed E-state index contributed by atoms with van der Waals surface area (Å²) >= 11 is 0. The molecule has 2 N–H and O–H groups in total. The van der Waals surface area contributed by atoms with E-state index in [1.165, 1.54) is 0 Å². The van der Waals surface area contributed by atoms with E-state index in [2.05, 4.69) is 20.4 Å². The largest absolute Gasteiger partial charge is 0.465 e. The molecule has 18 heavy (non-hydrogen) atoms. The van der Waals surface area contributed by atoms with Crippen LogP contribution in [-0.4, -0.2) is 30.1 Å². The molecule has 1 rings (SSSR count). The van der Waals surface area contributed by atoms with Crippen LogP contribution in [0.15, 0.2) is 18.3 Å². The van der Waals surface area contributed by atoms with Crippen LogP contribution in [0.1, 0.15) is 18.2 Å². The van der Waals surface area contributed by atoms with E-state index in [4.69, 9.17) is 0 Å². The minimum absolute atomic E-state index is 0.138. The first-order valence-electron chi connectivity index (χ1n) is 5.71. The Morgan fingerprint density at radius 2 is 2.17 bits per heavy atom. The predicted octanol–water partition coefficient (Wildman–Crippen LogP) is 0.752. The zero-order valence-electron chi connectivity index (χ0n) is 10.5. The molecule has 0 spiro atoms. The van der Waals surface area contributed by atoms with E-state index >= 15 is 0 Å². The van der Waals surface area contributed by atoms with Gasteiger partial charge in [-0.1, -0.05) is 6.07 Å². The van der Waals surface area contributed by atoms with Gasteiger partial charge in [0.25, 0.3) is 0 Å². The van der Waals surface area contributed by atoms with Crippen molar-refractivity contribution in [3.8, 4) is 0 Å². The lowest BCUT2D eigenvalue weighted by Crippen LogP contribution is -2.38. The summed E-state index contributed by atoms with van der Waals surface area (Å²) in [6.45, 7) is 4.11. The van der Waals surface area contributed by atoms with Gasteiger partial charge in [-0.3, -0.25) is 9.78 Å². The van der Waals surface area contributed by atoms with E-state index in [1.54, 1.807) is 13.1 Å². The number of pyridine rings is 1. The van der Waals surface area contributed by atoms with Gasteiger partial charge < -0.3 is 15.4 Å². The first-order chi connectivity index (χ1) is 8.63. The number of urea groups is 1. The normalized spacial score (nSPS) is 9.67. The van der Waals surface area contributed by atoms with Crippen molar-refractivity contribution in [2.75, 3.05) is 13.2 Å². The van der Waals surface area contributed by atoms with Crippen molar-refractivity contribution in [3.05, 3.63) is 29.6 Å². The van der Waals surface area contributed by atoms with Crippen molar-refractivity contribution in [1.82, 2.24) is 15.6 Å². The molecule has 98 valence electrons. The van der Waals surface area contributed by atoms with E-state index in [9.17, 15) is 9.59 Å². The molecule has 0 radical (unpaired) electrons. The quantitative estimate of drug-likeness (QED) is 0.757. The Morgan fingerprint density at radius 3 is 2.83 bits per heavy atom. The fraction of sp³-hybridized carbons (Fsp3) is 0.417. The number of esters is 1. The molecule has 0 aliphatic heterocycles. The number of amides is 2. The maximum atomic E-state index is 11.4. The maximum Gasteiger partial charge on any atom is 0.325 e. The average molecular weight is 251 g/mol. The Balaban J connectivity index is 2.29. The molecular formula is C12H17N3O3. The number of hydrogen-bond donors (Lipinski definition) is 2. The van der Waals surface area contributed by atoms with E-state index < -0.39 is 12.0 Å². The minimum atomic E-state index is -0.457. The topological polar surface area (TPSA) is 80.3 Å². The van der Waals surface area contributed by atoms with Crippen molar-refractivity contribution in [2.45, 2.75) is 20.4 Å². The van der Waals surface area contributed by atoms with Gasteiger partial charge in [0.1, 0.15) is 6.54 Å². The molecule has 0 aromatic carbocycles. The van der Waals surface area contributed by atoms with Crippen LogP contribution in [0, 0.1) is 6.92 Å². The summed E-state index contributed by atoms with van der Waals surface area (Å²) in [5.74, 6) is -0.457. The molecule has 2 amide bonds. The molecule has 0 aliphatic rings. The van der Waals surface area contributed by atoms with E-state index in [0.717, 1.165) is 11.3 Å². The Kier molecular flexibility index (Phi) is 5.63. The second-order valence-corrected chi connectivity index (χ2v) is 3.61. The fourth-order valence-corrected chi connectivity index (χ4v) is 1.29. The van der Waals surface area contributed by atoms with Crippen LogP contribution in [-0.2, 0) is 16.1 Å². The molecule has 1 aromatic heterocycles. The molecule has 0 saturated carbocycles. The first-order valence-corrected chi connectivity index (χ1v) is 5.71. The van der Waals surface area contributed by atoms with Crippen LogP contribution in [0.25, 0.3) is 0 Å². The van der Waals surface area contributed by atoms with Crippen LogP contribution in [0.3, 0.4) is 0 Å². The van der Waals surface area contributed by atoms with Gasteiger partial charge in [0.2, 0.25) is 0 Å². The number of carbonyl (C=O) groups is 2. The second-order valence-electron chi connectivity index (χ2n) is 3.61. The van der Waals surface area contributed by atoms with Gasteiger partial charge >= 0.3 is 12.0 Å². The standard InChI is InChI=1S/C12H17N3O3/c1-3-18-11(16)8-15-12(17)14-7-10-9(2)5-4-6-13-10/h4-6H,3,7-8H2,1-2H3,(H2,14,15,17). The molecule has 6 nitrogen and oxygen atoms in total. The minimum Gasteiger partial charge on any atom is -0.465 e. The Hall–Kier alpha value is -2.11. The van der Waals surface area contributed by atoms with Gasteiger partial charge in [-0.15, -0.1) is 0 Å². The lowest BCUT2D eigenvalue weighted by Gasteiger charge is -2.08. The molecule has 0 atom stereocenters. The summed E-state index contributed by atoms with van der Waals surface area (Å²) in [5, 5.41) is 5.02. The molecule has 0 aliphatic carbocycles. The third-order valence-corrected chi connectivity index (χ3v) is 2.23. The molecule has 0 bridgehead atoms. The SMILES string of the molecule is CCOC(=O)CNC(=O)NCc1ncccc1C. The zero-order chi connectivity index (χ0) is 13.4. The molecule has 6 heteroatoms. The number of ether oxygens (including phenoxy) is 1. The highest BCUT2D eigenvalue weighted by molar-refractivity contribution is 5.80. The highest BCUT2D eigenvalue weighted by atomic mass is 16.5. The molecular weight excluding hydrogens is 234 g/mol. The van der Waals surface area contributed by atoms with Gasteiger partial charge in [-0.05, 0) is 25.5 Å². The molecule has 0 saturated heterocycles. The maximum absolute atomic E-state index is 11.4. The lowest BCUT2D eigenvalue weighted by molar-refractivity contribution is -0.141. The average Bonchev–Trinajstić information content (AvgIpc) is 2.36. The summed E-state index contributed by atoms with van der Waals surface area (Å²) in [4.78, 5) is 26.5. The Labute approximate surface area is 106 Å². The van der Waals surface area contributed by atoms with Gasteiger partial charge in [0, 0.05) is 6.20 Å². The summed E-state index contributed by atoms with van der Waals surface area (Å²) in [6, 6.07) is 3.33. The number of aromatic nitrogens is 1. The van der Waals surface area contributed by atoms with Crippen LogP contribution < -0.4 is 10.6 Å². The van der Waals surface area contributed by atoms with Crippen LogP contribution in [0.2, 0.25) is 0 Å². The van der Waals surface area contributed by atoms with Crippen molar-refractivity contribution in [1.29, 1.82) is 0 Å². The first kappa shape index (κ1) is 14.0. The number of carbonyl (C=O) groups excluding carboxylic acids is 2.